The fraction of sp³-hybridized carbons (Fsp3) is 0.625. The van der Waals surface area contributed by atoms with Crippen molar-refractivity contribution in [1.82, 2.24) is 9.21 Å². The highest BCUT2D eigenvalue weighted by Crippen LogP contribution is 2.19. The molecule has 5 heteroatoms. The van der Waals surface area contributed by atoms with E-state index in [1.165, 1.54) is 11.8 Å². The van der Waals surface area contributed by atoms with E-state index in [4.69, 9.17) is 0 Å². The minimum absolute atomic E-state index is 0.453. The first-order valence-electron chi connectivity index (χ1n) is 7.63. The van der Waals surface area contributed by atoms with Crippen molar-refractivity contribution >= 4 is 10.0 Å². The molecule has 1 saturated heterocycles. The minimum atomic E-state index is -3.04. The Morgan fingerprint density at radius 3 is 2.67 bits per heavy atom. The van der Waals surface area contributed by atoms with Gasteiger partial charge in [-0.2, -0.15) is 0 Å². The number of hydrogen-bond acceptors (Lipinski definition) is 3. The smallest absolute Gasteiger partial charge is 0.211 e. The Hall–Kier alpha value is -0.910. The molecule has 1 aliphatic rings. The van der Waals surface area contributed by atoms with Crippen LogP contribution < -0.4 is 0 Å². The summed E-state index contributed by atoms with van der Waals surface area (Å²) in [5.41, 5.74) is 1.35. The molecule has 0 aromatic heterocycles. The first-order chi connectivity index (χ1) is 9.95. The summed E-state index contributed by atoms with van der Waals surface area (Å²) in [5, 5.41) is 0. The Morgan fingerprint density at radius 1 is 1.29 bits per heavy atom. The molecule has 0 amide bonds. The Morgan fingerprint density at radius 2 is 2.00 bits per heavy atom. The Balaban J connectivity index is 1.78. The zero-order chi connectivity index (χ0) is 15.3. The standard InChI is InChI=1S/C16H26N2O2S/c1-17(12-10-15-7-4-3-5-8-15)13-16-9-6-11-18(14-16)21(2,19)20/h3-5,7-8,16H,6,9-14H2,1-2H3/t16-/m1/s1. The summed E-state index contributed by atoms with van der Waals surface area (Å²) in [6.07, 6.45) is 4.46. The van der Waals surface area contributed by atoms with Gasteiger partial charge in [-0.05, 0) is 37.8 Å². The van der Waals surface area contributed by atoms with Gasteiger partial charge in [0.25, 0.3) is 0 Å². The van der Waals surface area contributed by atoms with E-state index in [1.54, 1.807) is 4.31 Å². The van der Waals surface area contributed by atoms with Gasteiger partial charge in [-0.15, -0.1) is 0 Å². The minimum Gasteiger partial charge on any atom is -0.306 e. The monoisotopic (exact) mass is 310 g/mol. The summed E-state index contributed by atoms with van der Waals surface area (Å²) < 4.78 is 24.9. The largest absolute Gasteiger partial charge is 0.306 e. The van der Waals surface area contributed by atoms with Crippen molar-refractivity contribution in [2.75, 3.05) is 39.5 Å². The number of hydrogen-bond donors (Lipinski definition) is 0. The van der Waals surface area contributed by atoms with Gasteiger partial charge in [0.1, 0.15) is 0 Å². The van der Waals surface area contributed by atoms with Gasteiger partial charge in [-0.3, -0.25) is 0 Å². The van der Waals surface area contributed by atoms with Crippen LogP contribution in [0, 0.1) is 5.92 Å². The number of likely N-dealkylation sites (N-methyl/N-ethyl adjacent to an activating group) is 1. The molecule has 0 bridgehead atoms. The molecule has 1 aromatic rings. The molecule has 2 rings (SSSR count). The molecule has 0 radical (unpaired) electrons. The van der Waals surface area contributed by atoms with Gasteiger partial charge in [-0.1, -0.05) is 30.3 Å². The SMILES string of the molecule is CN(CCc1ccccc1)C[C@H]1CCCN(S(C)(=O)=O)C1. The Kier molecular flexibility index (Phi) is 5.79. The van der Waals surface area contributed by atoms with Crippen LogP contribution in [0.4, 0.5) is 0 Å². The van der Waals surface area contributed by atoms with Crippen LogP contribution in [0.15, 0.2) is 30.3 Å². The first-order valence-corrected chi connectivity index (χ1v) is 9.47. The first kappa shape index (κ1) is 16.5. The van der Waals surface area contributed by atoms with E-state index in [0.717, 1.165) is 32.4 Å². The second kappa shape index (κ2) is 7.38. The second-order valence-corrected chi connectivity index (χ2v) is 8.11. The van der Waals surface area contributed by atoms with Crippen LogP contribution in [0.25, 0.3) is 0 Å². The van der Waals surface area contributed by atoms with E-state index in [9.17, 15) is 8.42 Å². The fourth-order valence-electron chi connectivity index (χ4n) is 2.97. The molecule has 118 valence electrons. The molecular formula is C16H26N2O2S. The number of piperidine rings is 1. The third-order valence-electron chi connectivity index (χ3n) is 4.15. The summed E-state index contributed by atoms with van der Waals surface area (Å²) in [5.74, 6) is 0.453. The lowest BCUT2D eigenvalue weighted by atomic mass is 9.99. The topological polar surface area (TPSA) is 40.6 Å². The van der Waals surface area contributed by atoms with Gasteiger partial charge in [0.05, 0.1) is 6.26 Å². The molecule has 0 spiro atoms. The summed E-state index contributed by atoms with van der Waals surface area (Å²) in [6, 6.07) is 10.5. The molecule has 0 N–H and O–H groups in total. The second-order valence-electron chi connectivity index (χ2n) is 6.13. The lowest BCUT2D eigenvalue weighted by molar-refractivity contribution is 0.202. The lowest BCUT2D eigenvalue weighted by Crippen LogP contribution is -2.42. The summed E-state index contributed by atoms with van der Waals surface area (Å²) in [6.45, 7) is 3.34. The van der Waals surface area contributed by atoms with Crippen molar-refractivity contribution in [3.63, 3.8) is 0 Å². The Labute approximate surface area is 128 Å². The molecule has 4 nitrogen and oxygen atoms in total. The molecule has 1 fully saturated rings. The highest BCUT2D eigenvalue weighted by molar-refractivity contribution is 7.88. The molecule has 0 saturated carbocycles. The van der Waals surface area contributed by atoms with Gasteiger partial charge < -0.3 is 4.90 Å². The van der Waals surface area contributed by atoms with Gasteiger partial charge >= 0.3 is 0 Å². The summed E-state index contributed by atoms with van der Waals surface area (Å²) in [4.78, 5) is 2.32. The van der Waals surface area contributed by atoms with E-state index in [0.29, 0.717) is 19.0 Å². The quantitative estimate of drug-likeness (QED) is 0.805. The molecule has 1 atom stereocenters. The van der Waals surface area contributed by atoms with E-state index < -0.39 is 10.0 Å². The van der Waals surface area contributed by atoms with Gasteiger partial charge in [-0.25, -0.2) is 12.7 Å². The van der Waals surface area contributed by atoms with Crippen molar-refractivity contribution in [3.05, 3.63) is 35.9 Å². The summed E-state index contributed by atoms with van der Waals surface area (Å²) >= 11 is 0. The maximum Gasteiger partial charge on any atom is 0.211 e. The van der Waals surface area contributed by atoms with Crippen LogP contribution in [0.3, 0.4) is 0 Å². The summed E-state index contributed by atoms with van der Waals surface area (Å²) in [7, 11) is -0.908. The van der Waals surface area contributed by atoms with Gasteiger partial charge in [0.15, 0.2) is 0 Å². The molecule has 1 heterocycles. The molecule has 0 unspecified atom stereocenters. The van der Waals surface area contributed by atoms with Crippen LogP contribution in [-0.2, 0) is 16.4 Å². The maximum absolute atomic E-state index is 11.6. The van der Waals surface area contributed by atoms with Gasteiger partial charge in [0.2, 0.25) is 10.0 Å². The van der Waals surface area contributed by atoms with Crippen LogP contribution in [-0.4, -0.2) is 57.1 Å². The number of benzene rings is 1. The van der Waals surface area contributed by atoms with Crippen LogP contribution in [0.5, 0.6) is 0 Å². The van der Waals surface area contributed by atoms with Crippen LogP contribution >= 0.6 is 0 Å². The van der Waals surface area contributed by atoms with E-state index >= 15 is 0 Å². The van der Waals surface area contributed by atoms with Crippen molar-refractivity contribution in [2.24, 2.45) is 5.92 Å². The molecule has 21 heavy (non-hydrogen) atoms. The Bertz CT molecular complexity index is 530. The van der Waals surface area contributed by atoms with Gasteiger partial charge in [0, 0.05) is 26.2 Å². The van der Waals surface area contributed by atoms with Crippen LogP contribution in [0.2, 0.25) is 0 Å². The number of nitrogens with zero attached hydrogens (tertiary/aromatic N) is 2. The predicted octanol–water partition coefficient (Wildman–Crippen LogP) is 1.83. The van der Waals surface area contributed by atoms with Crippen molar-refractivity contribution in [2.45, 2.75) is 19.3 Å². The third kappa shape index (κ3) is 5.41. The predicted molar refractivity (Wildman–Crippen MR) is 86.8 cm³/mol. The van der Waals surface area contributed by atoms with Crippen molar-refractivity contribution in [3.8, 4) is 0 Å². The molecule has 1 aliphatic heterocycles. The van der Waals surface area contributed by atoms with Crippen molar-refractivity contribution in [1.29, 1.82) is 0 Å². The van der Waals surface area contributed by atoms with E-state index in [1.807, 2.05) is 6.07 Å². The fourth-order valence-corrected chi connectivity index (χ4v) is 3.92. The van der Waals surface area contributed by atoms with E-state index in [2.05, 4.69) is 36.2 Å². The molecular weight excluding hydrogens is 284 g/mol. The highest BCUT2D eigenvalue weighted by atomic mass is 32.2. The maximum atomic E-state index is 11.6. The van der Waals surface area contributed by atoms with Crippen molar-refractivity contribution < 1.29 is 8.42 Å². The van der Waals surface area contributed by atoms with E-state index in [-0.39, 0.29) is 0 Å². The third-order valence-corrected chi connectivity index (χ3v) is 5.42. The zero-order valence-corrected chi connectivity index (χ0v) is 13.8. The molecule has 0 aliphatic carbocycles. The van der Waals surface area contributed by atoms with Crippen LogP contribution in [0.1, 0.15) is 18.4 Å². The normalized spacial score (nSPS) is 20.8. The number of rotatable bonds is 6. The average molecular weight is 310 g/mol. The lowest BCUT2D eigenvalue weighted by Gasteiger charge is -2.33. The highest BCUT2D eigenvalue weighted by Gasteiger charge is 2.26. The molecule has 1 aromatic carbocycles. The average Bonchev–Trinajstić information content (AvgIpc) is 2.46. The zero-order valence-electron chi connectivity index (χ0n) is 13.0. The number of sulfonamides is 1.